The molecule has 2 rings (SSSR count). The van der Waals surface area contributed by atoms with Gasteiger partial charge in [0.15, 0.2) is 0 Å². The Labute approximate surface area is 153 Å². The Bertz CT molecular complexity index is 704. The largest absolute Gasteiger partial charge is 0.385 e. The van der Waals surface area contributed by atoms with Crippen molar-refractivity contribution in [1.29, 1.82) is 0 Å². The van der Waals surface area contributed by atoms with E-state index >= 15 is 0 Å². The molecule has 0 spiro atoms. The van der Waals surface area contributed by atoms with Crippen molar-refractivity contribution in [3.05, 3.63) is 65.7 Å². The van der Waals surface area contributed by atoms with Gasteiger partial charge in [0.1, 0.15) is 0 Å². The van der Waals surface area contributed by atoms with Crippen LogP contribution in [0.4, 0.5) is 5.69 Å². The van der Waals surface area contributed by atoms with E-state index in [1.54, 1.807) is 25.3 Å². The summed E-state index contributed by atoms with van der Waals surface area (Å²) in [5, 5.41) is 8.72. The quantitative estimate of drug-likeness (QED) is 0.571. The van der Waals surface area contributed by atoms with E-state index < -0.39 is 0 Å². The van der Waals surface area contributed by atoms with Crippen molar-refractivity contribution >= 4 is 17.5 Å². The van der Waals surface area contributed by atoms with E-state index in [9.17, 15) is 9.59 Å². The molecule has 0 aliphatic rings. The van der Waals surface area contributed by atoms with Crippen LogP contribution < -0.4 is 16.0 Å². The Morgan fingerprint density at radius 3 is 2.58 bits per heavy atom. The third-order valence-electron chi connectivity index (χ3n) is 3.72. The van der Waals surface area contributed by atoms with Crippen molar-refractivity contribution in [2.45, 2.75) is 13.0 Å². The van der Waals surface area contributed by atoms with Gasteiger partial charge in [-0.25, -0.2) is 0 Å². The minimum absolute atomic E-state index is 0.0972. The molecule has 3 N–H and O–H groups in total. The first-order chi connectivity index (χ1) is 12.7. The van der Waals surface area contributed by atoms with Crippen LogP contribution in [-0.4, -0.2) is 38.6 Å². The lowest BCUT2D eigenvalue weighted by atomic mass is 10.1. The zero-order valence-electron chi connectivity index (χ0n) is 15.0. The molecule has 0 fully saturated rings. The maximum absolute atomic E-state index is 12.3. The number of hydrogen-bond donors (Lipinski definition) is 3. The van der Waals surface area contributed by atoms with Crippen LogP contribution >= 0.6 is 0 Å². The normalized spacial score (nSPS) is 10.2. The van der Waals surface area contributed by atoms with Crippen LogP contribution in [0.25, 0.3) is 0 Å². The predicted molar refractivity (Wildman–Crippen MR) is 102 cm³/mol. The minimum atomic E-state index is -0.151. The summed E-state index contributed by atoms with van der Waals surface area (Å²) in [4.78, 5) is 24.0. The standard InChI is InChI=1S/C20H25N3O3/c1-26-12-6-11-21-19(24)15-22-18-10-5-9-17(13-18)20(25)23-14-16-7-3-2-4-8-16/h2-5,7-10,13,22H,6,11-12,14-15H2,1H3,(H,21,24)(H,23,25). The van der Waals surface area contributed by atoms with Crippen LogP contribution in [0.1, 0.15) is 22.3 Å². The smallest absolute Gasteiger partial charge is 0.251 e. The van der Waals surface area contributed by atoms with E-state index in [1.165, 1.54) is 0 Å². The summed E-state index contributed by atoms with van der Waals surface area (Å²) in [7, 11) is 1.63. The number of benzene rings is 2. The molecule has 0 saturated carbocycles. The number of rotatable bonds is 10. The number of carbonyl (C=O) groups is 2. The van der Waals surface area contributed by atoms with Crippen LogP contribution in [0.3, 0.4) is 0 Å². The second kappa shape index (κ2) is 10.9. The molecule has 0 unspecified atom stereocenters. The predicted octanol–water partition coefficient (Wildman–Crippen LogP) is 2.18. The fourth-order valence-electron chi connectivity index (χ4n) is 2.34. The number of nitrogens with one attached hydrogen (secondary N) is 3. The summed E-state index contributed by atoms with van der Waals surface area (Å²) in [5.74, 6) is -0.249. The van der Waals surface area contributed by atoms with Crippen molar-refractivity contribution in [3.8, 4) is 0 Å². The Balaban J connectivity index is 1.79. The van der Waals surface area contributed by atoms with Crippen molar-refractivity contribution in [1.82, 2.24) is 10.6 Å². The second-order valence-corrected chi connectivity index (χ2v) is 5.80. The second-order valence-electron chi connectivity index (χ2n) is 5.80. The molecule has 0 bridgehead atoms. The average Bonchev–Trinajstić information content (AvgIpc) is 2.69. The van der Waals surface area contributed by atoms with Gasteiger partial charge in [-0.2, -0.15) is 0 Å². The third-order valence-corrected chi connectivity index (χ3v) is 3.72. The van der Waals surface area contributed by atoms with E-state index in [0.717, 1.165) is 17.7 Å². The zero-order valence-corrected chi connectivity index (χ0v) is 15.0. The number of methoxy groups -OCH3 is 1. The van der Waals surface area contributed by atoms with Crippen molar-refractivity contribution < 1.29 is 14.3 Å². The molecule has 2 aromatic rings. The lowest BCUT2D eigenvalue weighted by Crippen LogP contribution is -2.31. The van der Waals surface area contributed by atoms with E-state index in [4.69, 9.17) is 4.74 Å². The first-order valence-electron chi connectivity index (χ1n) is 8.60. The molecule has 0 heterocycles. The van der Waals surface area contributed by atoms with Gasteiger partial charge in [-0.3, -0.25) is 9.59 Å². The molecule has 26 heavy (non-hydrogen) atoms. The summed E-state index contributed by atoms with van der Waals surface area (Å²) >= 11 is 0. The van der Waals surface area contributed by atoms with Gasteiger partial charge in [0.2, 0.25) is 5.91 Å². The molecular weight excluding hydrogens is 330 g/mol. The van der Waals surface area contributed by atoms with E-state index in [0.29, 0.717) is 25.3 Å². The van der Waals surface area contributed by atoms with Crippen molar-refractivity contribution in [2.75, 3.05) is 32.1 Å². The molecule has 138 valence electrons. The zero-order chi connectivity index (χ0) is 18.6. The van der Waals surface area contributed by atoms with E-state index in [2.05, 4.69) is 16.0 Å². The van der Waals surface area contributed by atoms with E-state index in [1.807, 2.05) is 36.4 Å². The van der Waals surface area contributed by atoms with Gasteiger partial charge in [0.05, 0.1) is 6.54 Å². The number of hydrogen-bond acceptors (Lipinski definition) is 4. The van der Waals surface area contributed by atoms with Crippen LogP contribution in [-0.2, 0) is 16.1 Å². The molecule has 2 aromatic carbocycles. The highest BCUT2D eigenvalue weighted by Gasteiger charge is 2.07. The van der Waals surface area contributed by atoms with Gasteiger partial charge in [0.25, 0.3) is 5.91 Å². The number of anilines is 1. The Morgan fingerprint density at radius 1 is 1.00 bits per heavy atom. The summed E-state index contributed by atoms with van der Waals surface area (Å²) in [5.41, 5.74) is 2.32. The van der Waals surface area contributed by atoms with Crippen molar-refractivity contribution in [2.24, 2.45) is 0 Å². The molecule has 6 nitrogen and oxygen atoms in total. The highest BCUT2D eigenvalue weighted by atomic mass is 16.5. The molecule has 6 heteroatoms. The third kappa shape index (κ3) is 6.94. The Hall–Kier alpha value is -2.86. The number of amides is 2. The highest BCUT2D eigenvalue weighted by molar-refractivity contribution is 5.95. The Kier molecular flexibility index (Phi) is 8.15. The molecule has 0 aliphatic carbocycles. The SMILES string of the molecule is COCCCNC(=O)CNc1cccc(C(=O)NCc2ccccc2)c1. The lowest BCUT2D eigenvalue weighted by molar-refractivity contribution is -0.119. The summed E-state index contributed by atoms with van der Waals surface area (Å²) < 4.78 is 4.93. The van der Waals surface area contributed by atoms with Crippen LogP contribution in [0, 0.1) is 0 Å². The molecule has 0 aromatic heterocycles. The molecule has 0 radical (unpaired) electrons. The van der Waals surface area contributed by atoms with Crippen LogP contribution in [0.2, 0.25) is 0 Å². The summed E-state index contributed by atoms with van der Waals surface area (Å²) in [6, 6.07) is 16.8. The molecular formula is C20H25N3O3. The maximum atomic E-state index is 12.3. The highest BCUT2D eigenvalue weighted by Crippen LogP contribution is 2.10. The number of carbonyl (C=O) groups excluding carboxylic acids is 2. The lowest BCUT2D eigenvalue weighted by Gasteiger charge is -2.10. The van der Waals surface area contributed by atoms with E-state index in [-0.39, 0.29) is 18.4 Å². The molecule has 2 amide bonds. The first-order valence-corrected chi connectivity index (χ1v) is 8.60. The topological polar surface area (TPSA) is 79.5 Å². The van der Waals surface area contributed by atoms with Gasteiger partial charge < -0.3 is 20.7 Å². The van der Waals surface area contributed by atoms with Gasteiger partial charge >= 0.3 is 0 Å². The molecule has 0 saturated heterocycles. The monoisotopic (exact) mass is 355 g/mol. The van der Waals surface area contributed by atoms with Crippen LogP contribution in [0.5, 0.6) is 0 Å². The first kappa shape index (κ1) is 19.5. The fourth-order valence-corrected chi connectivity index (χ4v) is 2.34. The summed E-state index contributed by atoms with van der Waals surface area (Å²) in [6.45, 7) is 1.83. The Morgan fingerprint density at radius 2 is 1.81 bits per heavy atom. The molecule has 0 aliphatic heterocycles. The maximum Gasteiger partial charge on any atom is 0.251 e. The van der Waals surface area contributed by atoms with Gasteiger partial charge in [-0.05, 0) is 30.2 Å². The number of ether oxygens (including phenoxy) is 1. The van der Waals surface area contributed by atoms with Gasteiger partial charge in [-0.15, -0.1) is 0 Å². The fraction of sp³-hybridized carbons (Fsp3) is 0.300. The van der Waals surface area contributed by atoms with Gasteiger partial charge in [-0.1, -0.05) is 36.4 Å². The molecule has 0 atom stereocenters. The summed E-state index contributed by atoms with van der Waals surface area (Å²) in [6.07, 6.45) is 0.777. The van der Waals surface area contributed by atoms with Crippen molar-refractivity contribution in [3.63, 3.8) is 0 Å². The average molecular weight is 355 g/mol. The van der Waals surface area contributed by atoms with Gasteiger partial charge in [0, 0.05) is 38.1 Å². The minimum Gasteiger partial charge on any atom is -0.385 e. The van der Waals surface area contributed by atoms with Crippen LogP contribution in [0.15, 0.2) is 54.6 Å².